The zero-order valence-corrected chi connectivity index (χ0v) is 11.6. The molecule has 0 amide bonds. The minimum absolute atomic E-state index is 0.545. The van der Waals surface area contributed by atoms with Gasteiger partial charge in [0.15, 0.2) is 0 Å². The van der Waals surface area contributed by atoms with Crippen molar-refractivity contribution < 1.29 is 0 Å². The Balaban J connectivity index is 1.82. The van der Waals surface area contributed by atoms with Gasteiger partial charge in [0.05, 0.1) is 0 Å². The Morgan fingerprint density at radius 2 is 2.00 bits per heavy atom. The van der Waals surface area contributed by atoms with Crippen LogP contribution in [-0.2, 0) is 6.42 Å². The molecular formula is C10H10BrN3S2. The maximum atomic E-state index is 5.51. The molecular weight excluding hydrogens is 306 g/mol. The van der Waals surface area contributed by atoms with Crippen LogP contribution in [0.2, 0.25) is 0 Å². The Kier molecular flexibility index (Phi) is 4.20. The van der Waals surface area contributed by atoms with Crippen LogP contribution in [0.4, 0.5) is 5.13 Å². The van der Waals surface area contributed by atoms with Gasteiger partial charge in [0.25, 0.3) is 0 Å². The van der Waals surface area contributed by atoms with Crippen LogP contribution < -0.4 is 5.73 Å². The molecule has 0 saturated heterocycles. The second kappa shape index (κ2) is 5.65. The normalized spacial score (nSPS) is 10.6. The number of nitrogens with two attached hydrogens (primary N) is 1. The quantitative estimate of drug-likeness (QED) is 0.880. The molecule has 16 heavy (non-hydrogen) atoms. The molecule has 0 bridgehead atoms. The second-order valence-electron chi connectivity index (χ2n) is 3.09. The number of thioether (sulfide) groups is 1. The van der Waals surface area contributed by atoms with E-state index in [9.17, 15) is 0 Å². The van der Waals surface area contributed by atoms with E-state index in [0.29, 0.717) is 5.13 Å². The van der Waals surface area contributed by atoms with Gasteiger partial charge >= 0.3 is 0 Å². The van der Waals surface area contributed by atoms with Gasteiger partial charge in [-0.15, -0.1) is 22.0 Å². The topological polar surface area (TPSA) is 51.8 Å². The first-order chi connectivity index (χ1) is 7.74. The summed E-state index contributed by atoms with van der Waals surface area (Å²) in [6.07, 6.45) is 0.912. The van der Waals surface area contributed by atoms with Crippen LogP contribution in [0.1, 0.15) is 5.01 Å². The van der Waals surface area contributed by atoms with Crippen molar-refractivity contribution in [3.05, 3.63) is 33.7 Å². The minimum Gasteiger partial charge on any atom is -0.374 e. The van der Waals surface area contributed by atoms with Crippen molar-refractivity contribution in [2.24, 2.45) is 0 Å². The molecule has 0 fully saturated rings. The summed E-state index contributed by atoms with van der Waals surface area (Å²) in [5, 5.41) is 9.32. The number of anilines is 1. The van der Waals surface area contributed by atoms with Gasteiger partial charge in [-0.25, -0.2) is 0 Å². The summed E-state index contributed by atoms with van der Waals surface area (Å²) in [4.78, 5) is 1.26. The number of benzene rings is 1. The number of hydrogen-bond acceptors (Lipinski definition) is 5. The molecule has 0 aliphatic rings. The molecule has 84 valence electrons. The Morgan fingerprint density at radius 3 is 2.62 bits per heavy atom. The SMILES string of the molecule is Nc1nnc(CCSc2ccc(Br)cc2)s1. The average Bonchev–Trinajstić information content (AvgIpc) is 2.67. The molecule has 1 heterocycles. The van der Waals surface area contributed by atoms with E-state index in [0.717, 1.165) is 21.7 Å². The molecule has 0 aliphatic heterocycles. The lowest BCUT2D eigenvalue weighted by atomic mass is 10.4. The van der Waals surface area contributed by atoms with Crippen LogP contribution in [0.25, 0.3) is 0 Å². The summed E-state index contributed by atoms with van der Waals surface area (Å²) in [6, 6.07) is 8.29. The van der Waals surface area contributed by atoms with Crippen molar-refractivity contribution in [2.75, 3.05) is 11.5 Å². The molecule has 0 spiro atoms. The Morgan fingerprint density at radius 1 is 1.25 bits per heavy atom. The molecule has 6 heteroatoms. The fourth-order valence-electron chi connectivity index (χ4n) is 1.15. The van der Waals surface area contributed by atoms with Gasteiger partial charge < -0.3 is 5.73 Å². The highest BCUT2D eigenvalue weighted by Crippen LogP contribution is 2.22. The Hall–Kier alpha value is -0.590. The number of hydrogen-bond donors (Lipinski definition) is 1. The van der Waals surface area contributed by atoms with Crippen LogP contribution in [0, 0.1) is 0 Å². The van der Waals surface area contributed by atoms with E-state index in [1.807, 2.05) is 23.9 Å². The van der Waals surface area contributed by atoms with E-state index in [-0.39, 0.29) is 0 Å². The third-order valence-corrected chi connectivity index (χ3v) is 4.24. The predicted molar refractivity (Wildman–Crippen MR) is 72.9 cm³/mol. The van der Waals surface area contributed by atoms with Gasteiger partial charge in [-0.1, -0.05) is 27.3 Å². The monoisotopic (exact) mass is 315 g/mol. The van der Waals surface area contributed by atoms with Crippen molar-refractivity contribution in [3.8, 4) is 0 Å². The maximum absolute atomic E-state index is 5.51. The first-order valence-electron chi connectivity index (χ1n) is 4.70. The summed E-state index contributed by atoms with van der Waals surface area (Å²) < 4.78 is 1.11. The smallest absolute Gasteiger partial charge is 0.203 e. The van der Waals surface area contributed by atoms with Crippen molar-refractivity contribution >= 4 is 44.2 Å². The summed E-state index contributed by atoms with van der Waals surface area (Å²) >= 11 is 6.68. The number of aryl methyl sites for hydroxylation is 1. The molecule has 2 N–H and O–H groups in total. The van der Waals surface area contributed by atoms with Crippen LogP contribution in [0.5, 0.6) is 0 Å². The van der Waals surface area contributed by atoms with E-state index in [1.165, 1.54) is 16.2 Å². The average molecular weight is 316 g/mol. The summed E-state index contributed by atoms with van der Waals surface area (Å²) in [6.45, 7) is 0. The lowest BCUT2D eigenvalue weighted by Crippen LogP contribution is -1.87. The molecule has 2 rings (SSSR count). The van der Waals surface area contributed by atoms with Crippen LogP contribution in [0.3, 0.4) is 0 Å². The third kappa shape index (κ3) is 3.47. The highest BCUT2D eigenvalue weighted by molar-refractivity contribution is 9.10. The molecule has 0 atom stereocenters. The number of nitrogens with zero attached hydrogens (tertiary/aromatic N) is 2. The number of rotatable bonds is 4. The molecule has 1 aromatic carbocycles. The highest BCUT2D eigenvalue weighted by atomic mass is 79.9. The van der Waals surface area contributed by atoms with Crippen LogP contribution in [0.15, 0.2) is 33.6 Å². The summed E-state index contributed by atoms with van der Waals surface area (Å²) in [7, 11) is 0. The first kappa shape index (κ1) is 11.9. The molecule has 0 saturated carbocycles. The van der Waals surface area contributed by atoms with Crippen molar-refractivity contribution in [1.82, 2.24) is 10.2 Å². The van der Waals surface area contributed by atoms with Gasteiger partial charge in [-0.05, 0) is 24.3 Å². The van der Waals surface area contributed by atoms with Crippen molar-refractivity contribution in [3.63, 3.8) is 0 Å². The second-order valence-corrected chi connectivity index (χ2v) is 6.26. The minimum atomic E-state index is 0.545. The third-order valence-electron chi connectivity index (χ3n) is 1.88. The van der Waals surface area contributed by atoms with Gasteiger partial charge in [0.2, 0.25) is 5.13 Å². The van der Waals surface area contributed by atoms with E-state index in [1.54, 1.807) is 0 Å². The highest BCUT2D eigenvalue weighted by Gasteiger charge is 2.01. The number of nitrogen functional groups attached to an aromatic ring is 1. The lowest BCUT2D eigenvalue weighted by molar-refractivity contribution is 0.993. The maximum Gasteiger partial charge on any atom is 0.203 e. The standard InChI is InChI=1S/C10H10BrN3S2/c11-7-1-3-8(4-2-7)15-6-5-9-13-14-10(12)16-9/h1-4H,5-6H2,(H2,12,14). The van der Waals surface area contributed by atoms with Gasteiger partial charge in [-0.3, -0.25) is 0 Å². The van der Waals surface area contributed by atoms with E-state index in [2.05, 4.69) is 38.3 Å². The van der Waals surface area contributed by atoms with Crippen molar-refractivity contribution in [1.29, 1.82) is 0 Å². The van der Waals surface area contributed by atoms with E-state index >= 15 is 0 Å². The van der Waals surface area contributed by atoms with Crippen LogP contribution >= 0.6 is 39.0 Å². The molecule has 3 nitrogen and oxygen atoms in total. The zero-order chi connectivity index (χ0) is 11.4. The van der Waals surface area contributed by atoms with Gasteiger partial charge in [0, 0.05) is 21.5 Å². The molecule has 1 aromatic heterocycles. The van der Waals surface area contributed by atoms with E-state index in [4.69, 9.17) is 5.73 Å². The fourth-order valence-corrected chi connectivity index (χ4v) is 3.02. The summed E-state index contributed by atoms with van der Waals surface area (Å²) in [5.41, 5.74) is 5.51. The van der Waals surface area contributed by atoms with Gasteiger partial charge in [0.1, 0.15) is 5.01 Å². The lowest BCUT2D eigenvalue weighted by Gasteiger charge is -1.99. The first-order valence-corrected chi connectivity index (χ1v) is 7.30. The van der Waals surface area contributed by atoms with Crippen molar-refractivity contribution in [2.45, 2.75) is 11.3 Å². The Labute approximate surface area is 111 Å². The summed E-state index contributed by atoms with van der Waals surface area (Å²) in [5.74, 6) is 0.996. The Bertz CT molecular complexity index is 455. The molecule has 0 unspecified atom stereocenters. The molecule has 2 aromatic rings. The largest absolute Gasteiger partial charge is 0.374 e. The van der Waals surface area contributed by atoms with Crippen LogP contribution in [-0.4, -0.2) is 16.0 Å². The van der Waals surface area contributed by atoms with Gasteiger partial charge in [-0.2, -0.15) is 0 Å². The predicted octanol–water partition coefficient (Wildman–Crippen LogP) is 3.22. The number of aromatic nitrogens is 2. The fraction of sp³-hybridized carbons (Fsp3) is 0.200. The molecule has 0 aliphatic carbocycles. The molecule has 0 radical (unpaired) electrons. The zero-order valence-electron chi connectivity index (χ0n) is 8.39. The van der Waals surface area contributed by atoms with E-state index < -0.39 is 0 Å². The number of halogens is 1.